The highest BCUT2D eigenvalue weighted by molar-refractivity contribution is 5.92. The quantitative estimate of drug-likeness (QED) is 0.753. The number of benzene rings is 1. The number of nitrogens with two attached hydrogens (primary N) is 1. The second kappa shape index (κ2) is 9.21. The first-order valence-corrected chi connectivity index (χ1v) is 8.56. The van der Waals surface area contributed by atoms with Gasteiger partial charge >= 0.3 is 0 Å². The first-order chi connectivity index (χ1) is 11.6. The minimum Gasteiger partial charge on any atom is -0.497 e. The molecule has 1 aromatic carbocycles. The van der Waals surface area contributed by atoms with Crippen LogP contribution in [0.1, 0.15) is 32.6 Å². The zero-order chi connectivity index (χ0) is 17.4. The molecule has 5 nitrogen and oxygen atoms in total. The van der Waals surface area contributed by atoms with Gasteiger partial charge in [0.15, 0.2) is 0 Å². The average molecular weight is 332 g/mol. The largest absolute Gasteiger partial charge is 0.497 e. The summed E-state index contributed by atoms with van der Waals surface area (Å²) in [5.74, 6) is 2.73. The lowest BCUT2D eigenvalue weighted by Gasteiger charge is -2.28. The van der Waals surface area contributed by atoms with Crippen LogP contribution in [-0.2, 0) is 4.79 Å². The molecule has 0 spiro atoms. The third-order valence-electron chi connectivity index (χ3n) is 4.65. The first kappa shape index (κ1) is 18.2. The normalized spacial score (nSPS) is 21.2. The van der Waals surface area contributed by atoms with Crippen molar-refractivity contribution in [2.45, 2.75) is 32.6 Å². The summed E-state index contributed by atoms with van der Waals surface area (Å²) in [7, 11) is 1.66. The molecule has 1 aliphatic carbocycles. The Bertz CT molecular complexity index is 563. The van der Waals surface area contributed by atoms with E-state index in [-0.39, 0.29) is 5.91 Å². The minimum atomic E-state index is -0.0685. The third-order valence-corrected chi connectivity index (χ3v) is 4.65. The van der Waals surface area contributed by atoms with Crippen molar-refractivity contribution in [3.63, 3.8) is 0 Å². The van der Waals surface area contributed by atoms with Crippen molar-refractivity contribution >= 4 is 5.91 Å². The molecule has 1 amide bonds. The molecular formula is C19H28N2O3. The van der Waals surface area contributed by atoms with E-state index in [9.17, 15) is 4.79 Å². The van der Waals surface area contributed by atoms with Gasteiger partial charge in [0.05, 0.1) is 13.7 Å². The van der Waals surface area contributed by atoms with Gasteiger partial charge in [-0.05, 0) is 56.6 Å². The number of carbonyl (C=O) groups is 1. The molecule has 0 aromatic heterocycles. The smallest absolute Gasteiger partial charge is 0.248 e. The van der Waals surface area contributed by atoms with E-state index in [0.717, 1.165) is 50.3 Å². The van der Waals surface area contributed by atoms with E-state index in [1.54, 1.807) is 14.0 Å². The molecule has 0 heterocycles. The van der Waals surface area contributed by atoms with Crippen molar-refractivity contribution in [2.75, 3.05) is 20.3 Å². The van der Waals surface area contributed by atoms with Gasteiger partial charge in [-0.1, -0.05) is 6.07 Å². The van der Waals surface area contributed by atoms with Gasteiger partial charge < -0.3 is 20.5 Å². The molecule has 0 saturated heterocycles. The monoisotopic (exact) mass is 332 g/mol. The highest BCUT2D eigenvalue weighted by atomic mass is 16.5. The molecule has 2 rings (SSSR count). The van der Waals surface area contributed by atoms with Gasteiger partial charge in [-0.25, -0.2) is 0 Å². The van der Waals surface area contributed by atoms with Gasteiger partial charge in [-0.3, -0.25) is 4.79 Å². The Kier molecular flexibility index (Phi) is 6.97. The van der Waals surface area contributed by atoms with E-state index in [0.29, 0.717) is 17.4 Å². The number of methoxy groups -OCH3 is 1. The van der Waals surface area contributed by atoms with Crippen LogP contribution in [0.25, 0.3) is 0 Å². The van der Waals surface area contributed by atoms with Crippen LogP contribution in [0.15, 0.2) is 36.0 Å². The average Bonchev–Trinajstić information content (AvgIpc) is 2.64. The summed E-state index contributed by atoms with van der Waals surface area (Å²) in [5, 5.41) is 2.96. The molecule has 1 aromatic rings. The van der Waals surface area contributed by atoms with Crippen molar-refractivity contribution in [1.82, 2.24) is 5.32 Å². The summed E-state index contributed by atoms with van der Waals surface area (Å²) in [6.07, 6.45) is 5.87. The molecule has 1 saturated carbocycles. The molecular weight excluding hydrogens is 304 g/mol. The van der Waals surface area contributed by atoms with Gasteiger partial charge in [0.2, 0.25) is 5.91 Å². The Morgan fingerprint density at radius 1 is 1.25 bits per heavy atom. The predicted octanol–water partition coefficient (Wildman–Crippen LogP) is 2.86. The fourth-order valence-electron chi connectivity index (χ4n) is 2.96. The maximum absolute atomic E-state index is 11.7. The Hall–Kier alpha value is -2.17. The van der Waals surface area contributed by atoms with Crippen molar-refractivity contribution < 1.29 is 14.3 Å². The SMILES string of the molecule is COc1cccc(OCC2CCC(CNC(=O)/C(C)=C/N)CC2)c1. The topological polar surface area (TPSA) is 73.6 Å². The van der Waals surface area contributed by atoms with Crippen molar-refractivity contribution in [2.24, 2.45) is 17.6 Å². The Balaban J connectivity index is 1.68. The summed E-state index contributed by atoms with van der Waals surface area (Å²) in [5.41, 5.74) is 5.92. The Labute approximate surface area is 144 Å². The molecule has 0 aliphatic heterocycles. The summed E-state index contributed by atoms with van der Waals surface area (Å²) in [6.45, 7) is 3.19. The summed E-state index contributed by atoms with van der Waals surface area (Å²) >= 11 is 0. The van der Waals surface area contributed by atoms with Crippen molar-refractivity contribution in [3.05, 3.63) is 36.0 Å². The third kappa shape index (κ3) is 5.48. The fourth-order valence-corrected chi connectivity index (χ4v) is 2.96. The molecule has 0 atom stereocenters. The van der Waals surface area contributed by atoms with Crippen molar-refractivity contribution in [1.29, 1.82) is 0 Å². The van der Waals surface area contributed by atoms with Crippen LogP contribution in [0.5, 0.6) is 11.5 Å². The number of ether oxygens (including phenoxy) is 2. The predicted molar refractivity (Wildman–Crippen MR) is 94.9 cm³/mol. The lowest BCUT2D eigenvalue weighted by Crippen LogP contribution is -2.32. The number of carbonyl (C=O) groups excluding carboxylic acids is 1. The van der Waals surface area contributed by atoms with Crippen LogP contribution in [0.2, 0.25) is 0 Å². The van der Waals surface area contributed by atoms with Crippen LogP contribution in [0.4, 0.5) is 0 Å². The van der Waals surface area contributed by atoms with Gasteiger partial charge in [0.25, 0.3) is 0 Å². The van der Waals surface area contributed by atoms with Gasteiger partial charge in [0, 0.05) is 24.4 Å². The highest BCUT2D eigenvalue weighted by Gasteiger charge is 2.22. The van der Waals surface area contributed by atoms with Gasteiger partial charge in [-0.2, -0.15) is 0 Å². The fraction of sp³-hybridized carbons (Fsp3) is 0.526. The Morgan fingerprint density at radius 2 is 1.92 bits per heavy atom. The van der Waals surface area contributed by atoms with Crippen LogP contribution in [-0.4, -0.2) is 26.2 Å². The first-order valence-electron chi connectivity index (χ1n) is 8.56. The van der Waals surface area contributed by atoms with Crippen molar-refractivity contribution in [3.8, 4) is 11.5 Å². The number of rotatable bonds is 7. The van der Waals surface area contributed by atoms with Crippen LogP contribution in [0, 0.1) is 11.8 Å². The Morgan fingerprint density at radius 3 is 2.58 bits per heavy atom. The lowest BCUT2D eigenvalue weighted by molar-refractivity contribution is -0.117. The standard InChI is InChI=1S/C19H28N2O3/c1-14(11-20)19(22)21-12-15-6-8-16(9-7-15)13-24-18-5-3-4-17(10-18)23-2/h3-5,10-11,15-16H,6-9,12-13,20H2,1-2H3,(H,21,22)/b14-11+. The van der Waals surface area contributed by atoms with Crippen LogP contribution < -0.4 is 20.5 Å². The van der Waals surface area contributed by atoms with E-state index in [1.807, 2.05) is 24.3 Å². The number of hydrogen-bond donors (Lipinski definition) is 2. The summed E-state index contributed by atoms with van der Waals surface area (Å²) in [4.78, 5) is 11.7. The second-order valence-electron chi connectivity index (χ2n) is 6.44. The summed E-state index contributed by atoms with van der Waals surface area (Å²) < 4.78 is 11.1. The van der Waals surface area contributed by atoms with E-state index >= 15 is 0 Å². The van der Waals surface area contributed by atoms with E-state index in [2.05, 4.69) is 5.32 Å². The molecule has 0 bridgehead atoms. The zero-order valence-corrected chi connectivity index (χ0v) is 14.6. The van der Waals surface area contributed by atoms with Gasteiger partial charge in [0.1, 0.15) is 11.5 Å². The second-order valence-corrected chi connectivity index (χ2v) is 6.44. The summed E-state index contributed by atoms with van der Waals surface area (Å²) in [6, 6.07) is 7.71. The molecule has 0 unspecified atom stereocenters. The number of nitrogens with one attached hydrogen (secondary N) is 1. The van der Waals surface area contributed by atoms with Crippen LogP contribution in [0.3, 0.4) is 0 Å². The van der Waals surface area contributed by atoms with Gasteiger partial charge in [-0.15, -0.1) is 0 Å². The zero-order valence-electron chi connectivity index (χ0n) is 14.6. The molecule has 1 fully saturated rings. The maximum Gasteiger partial charge on any atom is 0.248 e. The number of hydrogen-bond acceptors (Lipinski definition) is 4. The van der Waals surface area contributed by atoms with Crippen LogP contribution >= 0.6 is 0 Å². The molecule has 0 radical (unpaired) electrons. The lowest BCUT2D eigenvalue weighted by atomic mass is 9.82. The maximum atomic E-state index is 11.7. The number of amides is 1. The van der Waals surface area contributed by atoms with E-state index in [4.69, 9.17) is 15.2 Å². The molecule has 24 heavy (non-hydrogen) atoms. The van der Waals surface area contributed by atoms with E-state index in [1.165, 1.54) is 6.20 Å². The molecule has 1 aliphatic rings. The molecule has 132 valence electrons. The molecule has 3 N–H and O–H groups in total. The minimum absolute atomic E-state index is 0.0685. The molecule has 5 heteroatoms. The van der Waals surface area contributed by atoms with E-state index < -0.39 is 0 Å². The highest BCUT2D eigenvalue weighted by Crippen LogP contribution is 2.29.